The first-order valence-electron chi connectivity index (χ1n) is 43.8. The van der Waals surface area contributed by atoms with Gasteiger partial charge in [0.2, 0.25) is 17.7 Å². The fraction of sp³-hybridized carbons (Fsp3) is 0.226. The number of hydrogen-bond donors (Lipinski definition) is 2. The van der Waals surface area contributed by atoms with Gasteiger partial charge in [-0.2, -0.15) is 10.2 Å². The molecule has 14 aromatic rings. The van der Waals surface area contributed by atoms with Gasteiger partial charge in [-0.15, -0.1) is 0 Å². The molecule has 658 valence electrons. The highest BCUT2D eigenvalue weighted by Gasteiger charge is 2.61. The lowest BCUT2D eigenvalue weighted by Crippen LogP contribution is -2.62. The molecule has 0 bridgehead atoms. The smallest absolute Gasteiger partial charge is 0.252 e. The van der Waals surface area contributed by atoms with Crippen molar-refractivity contribution < 1.29 is 54.3 Å². The van der Waals surface area contributed by atoms with Crippen LogP contribution >= 0.6 is 0 Å². The van der Waals surface area contributed by atoms with Crippen molar-refractivity contribution in [3.05, 3.63) is 358 Å². The van der Waals surface area contributed by atoms with Crippen LogP contribution in [0.5, 0.6) is 0 Å². The number of hydrogen-bond acceptors (Lipinski definition) is 11. The molecule has 1 atom stereocenters. The monoisotopic (exact) mass is 1760 g/mol. The first kappa shape index (κ1) is 83.7. The number of aryl methyl sites for hydroxylation is 2. The Hall–Kier alpha value is -14.1. The van der Waals surface area contributed by atoms with Crippen LogP contribution in [0.1, 0.15) is 81.3 Å². The molecule has 11 heterocycles. The Morgan fingerprint density at radius 1 is 0.351 bits per heavy atom. The summed E-state index contributed by atoms with van der Waals surface area (Å²) in [6.07, 6.45) is 8.34. The Labute approximate surface area is 750 Å². The third-order valence-corrected chi connectivity index (χ3v) is 28.2. The molecule has 2 aromatic heterocycles. The normalized spacial score (nSPS) is 18.3. The van der Waals surface area contributed by atoms with Gasteiger partial charge in [0.05, 0.1) is 42.6 Å². The van der Waals surface area contributed by atoms with Crippen LogP contribution in [0.4, 0.5) is 69.2 Å². The van der Waals surface area contributed by atoms with E-state index in [1.54, 1.807) is 14.3 Å². The Balaban J connectivity index is 0.000000105. The molecular formula is C106H89F8N13O4. The summed E-state index contributed by atoms with van der Waals surface area (Å²) in [4.78, 5) is 65.9. The predicted molar refractivity (Wildman–Crippen MR) is 492 cm³/mol. The van der Waals surface area contributed by atoms with Gasteiger partial charge in [-0.05, 0) is 222 Å². The number of benzene rings is 12. The number of allylic oxidation sites excluding steroid dienone is 2. The summed E-state index contributed by atoms with van der Waals surface area (Å²) in [5.41, 5.74) is 16.0. The number of nitrogens with zero attached hydrogens (tertiary/aromatic N) is 11. The molecule has 10 aliphatic rings. The van der Waals surface area contributed by atoms with Gasteiger partial charge in [-0.1, -0.05) is 129 Å². The van der Waals surface area contributed by atoms with Crippen molar-refractivity contribution in [3.63, 3.8) is 0 Å². The van der Waals surface area contributed by atoms with Crippen molar-refractivity contribution in [2.75, 3.05) is 84.1 Å². The maximum absolute atomic E-state index is 15.3. The number of rotatable bonds is 12. The molecule has 24 rings (SSSR count). The number of likely N-dealkylation sites (N-methyl/N-ethyl adjacent to an activating group) is 3. The number of amides is 4. The van der Waals surface area contributed by atoms with Crippen LogP contribution in [0.2, 0.25) is 0 Å². The van der Waals surface area contributed by atoms with E-state index in [4.69, 9.17) is 0 Å². The average molecular weight is 1760 g/mol. The number of carbonyl (C=O) groups excluding carboxylic acids is 4. The average Bonchev–Trinajstić information content (AvgIpc) is 1.55. The quantitative estimate of drug-likeness (QED) is 0.113. The molecule has 4 fully saturated rings. The third kappa shape index (κ3) is 13.6. The van der Waals surface area contributed by atoms with Crippen LogP contribution in [0, 0.1) is 46.5 Å². The summed E-state index contributed by atoms with van der Waals surface area (Å²) in [6, 6.07) is 63.5. The molecule has 2 N–H and O–H groups in total. The van der Waals surface area contributed by atoms with E-state index in [0.29, 0.717) is 73.3 Å². The molecule has 4 amide bonds. The van der Waals surface area contributed by atoms with Crippen LogP contribution in [-0.4, -0.2) is 112 Å². The molecule has 4 spiro atoms. The topological polar surface area (TPSA) is 151 Å². The van der Waals surface area contributed by atoms with Crippen LogP contribution in [0.3, 0.4) is 0 Å². The highest BCUT2D eigenvalue weighted by Crippen LogP contribution is 2.56. The van der Waals surface area contributed by atoms with Gasteiger partial charge in [0.15, 0.2) is 0 Å². The molecule has 12 aromatic carbocycles. The van der Waals surface area contributed by atoms with Gasteiger partial charge in [0.25, 0.3) is 5.91 Å². The molecule has 0 radical (unpaired) electrons. The second-order valence-corrected chi connectivity index (χ2v) is 36.4. The van der Waals surface area contributed by atoms with Crippen molar-refractivity contribution in [2.24, 2.45) is 14.1 Å². The molecule has 1 unspecified atom stereocenters. The molecule has 3 saturated heterocycles. The van der Waals surface area contributed by atoms with E-state index in [2.05, 4.69) is 43.8 Å². The molecule has 1 saturated carbocycles. The number of fused-ring (bicyclic) bond motifs is 12. The lowest BCUT2D eigenvalue weighted by Gasteiger charge is -2.47. The molecule has 17 nitrogen and oxygen atoms in total. The highest BCUT2D eigenvalue weighted by atomic mass is 19.2. The third-order valence-electron chi connectivity index (χ3n) is 28.2. The minimum atomic E-state index is -0.716. The van der Waals surface area contributed by atoms with Crippen LogP contribution in [0.25, 0.3) is 66.3 Å². The zero-order valence-electron chi connectivity index (χ0n) is 72.5. The molecule has 25 heteroatoms. The summed E-state index contributed by atoms with van der Waals surface area (Å²) < 4.78 is 125. The Morgan fingerprint density at radius 2 is 0.679 bits per heavy atom. The first-order valence-corrected chi connectivity index (χ1v) is 43.8. The van der Waals surface area contributed by atoms with E-state index < -0.39 is 68.3 Å². The predicted octanol–water partition coefficient (Wildman–Crippen LogP) is 19.8. The Morgan fingerprint density at radius 3 is 1.02 bits per heavy atom. The molecule has 1 aliphatic carbocycles. The fourth-order valence-corrected chi connectivity index (χ4v) is 21.6. The lowest BCUT2D eigenvalue weighted by molar-refractivity contribution is -0.137. The number of halogens is 8. The van der Waals surface area contributed by atoms with Gasteiger partial charge in [-0.3, -0.25) is 33.4 Å². The number of likely N-dealkylation sites (tertiary alicyclic amines) is 3. The summed E-state index contributed by atoms with van der Waals surface area (Å²) in [7, 11) is 9.47. The van der Waals surface area contributed by atoms with E-state index in [1.807, 2.05) is 222 Å². The summed E-state index contributed by atoms with van der Waals surface area (Å²) in [5, 5.41) is 16.8. The van der Waals surface area contributed by atoms with Gasteiger partial charge in [-0.25, -0.2) is 35.1 Å². The summed E-state index contributed by atoms with van der Waals surface area (Å²) in [5.74, 6) is -5.58. The van der Waals surface area contributed by atoms with Crippen LogP contribution < -0.4 is 30.2 Å². The van der Waals surface area contributed by atoms with E-state index in [0.717, 1.165) is 143 Å². The van der Waals surface area contributed by atoms with Crippen molar-refractivity contribution >= 4 is 79.6 Å². The van der Waals surface area contributed by atoms with Gasteiger partial charge in [0, 0.05) is 156 Å². The lowest BCUT2D eigenvalue weighted by atomic mass is 9.65. The fourth-order valence-electron chi connectivity index (χ4n) is 21.6. The number of aromatic nitrogens is 4. The molecule has 131 heavy (non-hydrogen) atoms. The zero-order valence-corrected chi connectivity index (χ0v) is 72.5. The summed E-state index contributed by atoms with van der Waals surface area (Å²) in [6.45, 7) is 10.6. The maximum Gasteiger partial charge on any atom is 0.252 e. The molecular weight excluding hydrogens is 1670 g/mol. The van der Waals surface area contributed by atoms with E-state index >= 15 is 35.1 Å². The van der Waals surface area contributed by atoms with E-state index in [-0.39, 0.29) is 72.1 Å². The number of nitrogens with one attached hydrogen (secondary N) is 2. The van der Waals surface area contributed by atoms with Crippen molar-refractivity contribution in [1.82, 2.24) is 34.3 Å². The zero-order chi connectivity index (χ0) is 90.7. The SMILES string of the molecule is C=C1Cc2cc(-c3cc(F)c(CN4C(=O)C5(CCN5C)c5ccccc54)c(F)c3)ccc2N1.C=C1Cc2cc(-c3cc(F)c(CN4C(=O)C5(CN(C)C5)c5ccccc54)c(F)c3)ccc2N1.CN1CC2(C1)C(=O)N(Cc1c(F)cc(-c3cccc4nn(C)cc34)cc1F)c1ccccc12.Cn1cc2c(-c3cc(F)c(CN4C(=O)C5(CCC5)c5ccccc54)c(F)c3)cccc2n1. The van der Waals surface area contributed by atoms with Gasteiger partial charge in [0.1, 0.15) is 62.9 Å². The summed E-state index contributed by atoms with van der Waals surface area (Å²) >= 11 is 0. The Kier molecular flexibility index (Phi) is 20.2. The van der Waals surface area contributed by atoms with E-state index in [1.165, 1.54) is 63.2 Å². The highest BCUT2D eigenvalue weighted by molar-refractivity contribution is 6.12. The van der Waals surface area contributed by atoms with Crippen LogP contribution in [0.15, 0.2) is 255 Å². The Bertz CT molecular complexity index is 7140. The standard InChI is InChI=1S/2C27H23F2N3O.C26H22F2N4O.C26H21F2N3O/c1-16-9-19-10-17(7-8-24(19)30-16)18-11-22(28)20(23(29)12-18)13-32-25-6-4-3-5-21(25)27(26(32)33)14-31(2)15-27;1-16-11-19-12-17(7-8-24(19)30-16)18-13-22(28)20(23(29)14-18)15-32-25-6-4-3-5-21(25)27(26(32)33)9-10-31(27)2;1-30-14-26(15-30)20-7-3-4-9-24(20)32(25(26)33)13-19-21(27)10-16(11-22(19)28)17-6-5-8-23-18(17)12-31(2)29-23;1-30-14-18-17(6-4-8-23(18)29-30)16-12-21(27)19(22(28)13-16)15-31-24-9-3-2-7-20(24)26(25(31)32)10-5-11-26/h3-8,10-12,30H,1,9,13-15H2,2H3;3-8,12-14,30H,1,9-11,15H2,2H3;3-12H,13-15H2,1-2H3;2-4,6-9,12-14H,5,10-11,15H2,1H3. The van der Waals surface area contributed by atoms with Gasteiger partial charge >= 0.3 is 0 Å². The second kappa shape index (κ2) is 31.6. The van der Waals surface area contributed by atoms with Crippen molar-refractivity contribution in [2.45, 2.75) is 86.5 Å². The van der Waals surface area contributed by atoms with Crippen molar-refractivity contribution in [3.8, 4) is 44.5 Å². The maximum atomic E-state index is 15.3. The largest absolute Gasteiger partial charge is 0.359 e. The van der Waals surface area contributed by atoms with Gasteiger partial charge < -0.3 is 40.0 Å². The number of para-hydroxylation sites is 4. The number of carbonyl (C=O) groups is 4. The molecule has 9 aliphatic heterocycles. The minimum absolute atomic E-state index is 0.0482. The first-order chi connectivity index (χ1) is 63.1. The second-order valence-electron chi connectivity index (χ2n) is 36.4. The van der Waals surface area contributed by atoms with Crippen molar-refractivity contribution in [1.29, 1.82) is 0 Å². The minimum Gasteiger partial charge on any atom is -0.359 e. The van der Waals surface area contributed by atoms with Crippen LogP contribution in [-0.2, 0) is 94.1 Å². The van der Waals surface area contributed by atoms with E-state index in [9.17, 15) is 19.2 Å². The number of anilines is 6.